The summed E-state index contributed by atoms with van der Waals surface area (Å²) in [5.41, 5.74) is 2.89. The Morgan fingerprint density at radius 3 is 1.79 bits per heavy atom. The Kier molecular flexibility index (Phi) is 9.43. The van der Waals surface area contributed by atoms with Gasteiger partial charge in [-0.2, -0.15) is 0 Å². The van der Waals surface area contributed by atoms with Crippen LogP contribution in [-0.2, 0) is 36.7 Å². The highest BCUT2D eigenvalue weighted by molar-refractivity contribution is 6.22. The SMILES string of the molecule is CCc1ccccc1NC(=O)COC(=O)CN1C(=O)c2ccc(C(=O)OCC(=O)Nc3ccccc3CC)cc2C1=O. The van der Waals surface area contributed by atoms with Crippen molar-refractivity contribution in [2.75, 3.05) is 30.4 Å². The normalized spacial score (nSPS) is 12.0. The smallest absolute Gasteiger partial charge is 0.338 e. The third-order valence-electron chi connectivity index (χ3n) is 6.54. The second-order valence-electron chi connectivity index (χ2n) is 9.31. The monoisotopic (exact) mass is 571 g/mol. The fraction of sp³-hybridized carbons (Fsp3) is 0.226. The first-order chi connectivity index (χ1) is 20.2. The summed E-state index contributed by atoms with van der Waals surface area (Å²) in [6.07, 6.45) is 1.40. The average molecular weight is 572 g/mol. The molecule has 2 N–H and O–H groups in total. The molecule has 42 heavy (non-hydrogen) atoms. The Hall–Kier alpha value is -5.32. The number of hydrogen-bond acceptors (Lipinski definition) is 8. The maximum absolute atomic E-state index is 12.9. The molecule has 0 aliphatic carbocycles. The van der Waals surface area contributed by atoms with E-state index in [1.165, 1.54) is 18.2 Å². The molecular weight excluding hydrogens is 542 g/mol. The van der Waals surface area contributed by atoms with E-state index in [1.54, 1.807) is 24.3 Å². The molecule has 11 heteroatoms. The first-order valence-electron chi connectivity index (χ1n) is 13.3. The Morgan fingerprint density at radius 2 is 1.21 bits per heavy atom. The number of ether oxygens (including phenoxy) is 2. The number of carbonyl (C=O) groups excluding carboxylic acids is 6. The van der Waals surface area contributed by atoms with Crippen LogP contribution in [-0.4, -0.2) is 60.2 Å². The summed E-state index contributed by atoms with van der Waals surface area (Å²) < 4.78 is 10.1. The molecule has 3 aromatic rings. The maximum atomic E-state index is 12.9. The van der Waals surface area contributed by atoms with Crippen molar-refractivity contribution < 1.29 is 38.2 Å². The van der Waals surface area contributed by atoms with Gasteiger partial charge in [-0.25, -0.2) is 4.79 Å². The topological polar surface area (TPSA) is 148 Å². The lowest BCUT2D eigenvalue weighted by molar-refractivity contribution is -0.147. The van der Waals surface area contributed by atoms with E-state index in [9.17, 15) is 28.8 Å². The van der Waals surface area contributed by atoms with Crippen LogP contribution in [0.3, 0.4) is 0 Å². The Labute approximate surface area is 241 Å². The van der Waals surface area contributed by atoms with E-state index in [0.29, 0.717) is 29.1 Å². The first-order valence-corrected chi connectivity index (χ1v) is 13.3. The zero-order valence-corrected chi connectivity index (χ0v) is 23.1. The highest BCUT2D eigenvalue weighted by Gasteiger charge is 2.37. The summed E-state index contributed by atoms with van der Waals surface area (Å²) in [4.78, 5) is 75.8. The number of fused-ring (bicyclic) bond motifs is 1. The Morgan fingerprint density at radius 1 is 0.690 bits per heavy atom. The number of hydrogen-bond donors (Lipinski definition) is 2. The molecule has 0 atom stereocenters. The molecule has 0 unspecified atom stereocenters. The van der Waals surface area contributed by atoms with Crippen molar-refractivity contribution in [3.05, 3.63) is 94.5 Å². The van der Waals surface area contributed by atoms with Crippen molar-refractivity contribution in [3.8, 4) is 0 Å². The molecular formula is C31H29N3O8. The first kappa shape index (κ1) is 29.7. The Balaban J connectivity index is 1.30. The van der Waals surface area contributed by atoms with Crippen LogP contribution < -0.4 is 10.6 Å². The number of amides is 4. The van der Waals surface area contributed by atoms with Crippen LogP contribution in [0.5, 0.6) is 0 Å². The number of carbonyl (C=O) groups is 6. The minimum absolute atomic E-state index is 0.00724. The van der Waals surface area contributed by atoms with E-state index in [-0.39, 0.29) is 16.7 Å². The standard InChI is InChI=1S/C31H29N3O8/c1-3-19-9-5-7-11-24(19)32-26(35)17-41-28(37)16-34-29(38)22-14-13-21(15-23(22)30(34)39)31(40)42-18-27(36)33-25-12-8-6-10-20(25)4-2/h5-15H,3-4,16-18H2,1-2H3,(H,32,35)(H,33,36). The number of nitrogens with zero attached hydrogens (tertiary/aromatic N) is 1. The number of imide groups is 1. The molecule has 0 fully saturated rings. The fourth-order valence-corrected chi connectivity index (χ4v) is 4.37. The number of benzene rings is 3. The van der Waals surface area contributed by atoms with Crippen molar-refractivity contribution in [2.45, 2.75) is 26.7 Å². The van der Waals surface area contributed by atoms with Crippen LogP contribution in [0.4, 0.5) is 11.4 Å². The third-order valence-corrected chi connectivity index (χ3v) is 6.54. The lowest BCUT2D eigenvalue weighted by Crippen LogP contribution is -2.36. The molecule has 3 aromatic carbocycles. The predicted molar refractivity (Wildman–Crippen MR) is 152 cm³/mol. The fourth-order valence-electron chi connectivity index (χ4n) is 4.37. The summed E-state index contributed by atoms with van der Waals surface area (Å²) in [7, 11) is 0. The zero-order chi connectivity index (χ0) is 30.2. The molecule has 216 valence electrons. The van der Waals surface area contributed by atoms with E-state index in [0.717, 1.165) is 11.1 Å². The molecule has 1 aliphatic heterocycles. The molecule has 1 aliphatic rings. The molecule has 0 aromatic heterocycles. The summed E-state index contributed by atoms with van der Waals surface area (Å²) >= 11 is 0. The molecule has 0 radical (unpaired) electrons. The maximum Gasteiger partial charge on any atom is 0.338 e. The van der Waals surface area contributed by atoms with E-state index in [1.807, 2.05) is 38.1 Å². The number of anilines is 2. The van der Waals surface area contributed by atoms with Crippen LogP contribution in [0, 0.1) is 0 Å². The summed E-state index contributed by atoms with van der Waals surface area (Å²) in [6, 6.07) is 18.2. The number of rotatable bonds is 11. The zero-order valence-electron chi connectivity index (χ0n) is 23.1. The largest absolute Gasteiger partial charge is 0.454 e. The molecule has 0 saturated heterocycles. The van der Waals surface area contributed by atoms with Crippen molar-refractivity contribution >= 4 is 46.9 Å². The van der Waals surface area contributed by atoms with Crippen LogP contribution >= 0.6 is 0 Å². The quantitative estimate of drug-likeness (QED) is 0.263. The van der Waals surface area contributed by atoms with E-state index >= 15 is 0 Å². The van der Waals surface area contributed by atoms with E-state index in [4.69, 9.17) is 9.47 Å². The number of nitrogens with one attached hydrogen (secondary N) is 2. The average Bonchev–Trinajstić information content (AvgIpc) is 3.23. The minimum atomic E-state index is -0.960. The van der Waals surface area contributed by atoms with E-state index < -0.39 is 55.3 Å². The van der Waals surface area contributed by atoms with Gasteiger partial charge in [0.05, 0.1) is 16.7 Å². The van der Waals surface area contributed by atoms with Gasteiger partial charge < -0.3 is 20.1 Å². The highest BCUT2D eigenvalue weighted by atomic mass is 16.5. The van der Waals surface area contributed by atoms with Crippen molar-refractivity contribution in [1.82, 2.24) is 4.90 Å². The van der Waals surface area contributed by atoms with Gasteiger partial charge in [-0.3, -0.25) is 28.9 Å². The number of esters is 2. The van der Waals surface area contributed by atoms with Gasteiger partial charge >= 0.3 is 11.9 Å². The molecule has 11 nitrogen and oxygen atoms in total. The van der Waals surface area contributed by atoms with Gasteiger partial charge in [0.2, 0.25) is 0 Å². The van der Waals surface area contributed by atoms with Crippen LogP contribution in [0.15, 0.2) is 66.7 Å². The number of para-hydroxylation sites is 2. The van der Waals surface area contributed by atoms with Crippen LogP contribution in [0.1, 0.15) is 56.0 Å². The second-order valence-corrected chi connectivity index (χ2v) is 9.31. The van der Waals surface area contributed by atoms with Gasteiger partial charge in [-0.05, 0) is 54.3 Å². The molecule has 0 spiro atoms. The van der Waals surface area contributed by atoms with Gasteiger partial charge in [-0.1, -0.05) is 50.2 Å². The van der Waals surface area contributed by atoms with Gasteiger partial charge in [0.1, 0.15) is 6.54 Å². The number of aryl methyl sites for hydroxylation is 2. The second kappa shape index (κ2) is 13.4. The summed E-state index contributed by atoms with van der Waals surface area (Å²) in [5, 5.41) is 5.35. The van der Waals surface area contributed by atoms with Crippen molar-refractivity contribution in [3.63, 3.8) is 0 Å². The van der Waals surface area contributed by atoms with Crippen molar-refractivity contribution in [1.29, 1.82) is 0 Å². The van der Waals surface area contributed by atoms with Crippen LogP contribution in [0.25, 0.3) is 0 Å². The third kappa shape index (κ3) is 6.87. The molecule has 4 amide bonds. The lowest BCUT2D eigenvalue weighted by Gasteiger charge is -2.13. The molecule has 4 rings (SSSR count). The Bertz CT molecular complexity index is 1570. The van der Waals surface area contributed by atoms with Crippen molar-refractivity contribution in [2.24, 2.45) is 0 Å². The lowest BCUT2D eigenvalue weighted by atomic mass is 10.1. The van der Waals surface area contributed by atoms with Crippen LogP contribution in [0.2, 0.25) is 0 Å². The highest BCUT2D eigenvalue weighted by Crippen LogP contribution is 2.24. The van der Waals surface area contributed by atoms with E-state index in [2.05, 4.69) is 10.6 Å². The van der Waals surface area contributed by atoms with Gasteiger partial charge in [0, 0.05) is 11.4 Å². The molecule has 1 heterocycles. The summed E-state index contributed by atoms with van der Waals surface area (Å²) in [6.45, 7) is 2.00. The van der Waals surface area contributed by atoms with Gasteiger partial charge in [0.15, 0.2) is 13.2 Å². The van der Waals surface area contributed by atoms with Gasteiger partial charge in [0.25, 0.3) is 23.6 Å². The molecule has 0 bridgehead atoms. The minimum Gasteiger partial charge on any atom is -0.454 e. The predicted octanol–water partition coefficient (Wildman–Crippen LogP) is 3.38. The summed E-state index contributed by atoms with van der Waals surface area (Å²) in [5.74, 6) is -4.49. The van der Waals surface area contributed by atoms with Gasteiger partial charge in [-0.15, -0.1) is 0 Å². The molecule has 0 saturated carbocycles.